The summed E-state index contributed by atoms with van der Waals surface area (Å²) in [6.45, 7) is 0. The summed E-state index contributed by atoms with van der Waals surface area (Å²) in [6.07, 6.45) is 5.63. The molecular weight excluding hydrogens is 241 g/mol. The lowest BCUT2D eigenvalue weighted by molar-refractivity contribution is -0.137. The monoisotopic (exact) mass is 263 g/mol. The van der Waals surface area contributed by atoms with Gasteiger partial charge in [-0.2, -0.15) is 0 Å². The Morgan fingerprint density at radius 1 is 1.35 bits per heavy atom. The van der Waals surface area contributed by atoms with Gasteiger partial charge in [0.15, 0.2) is 0 Å². The molecule has 1 aliphatic rings. The lowest BCUT2D eigenvalue weighted by Gasteiger charge is -2.26. The Labute approximate surface area is 102 Å². The first-order chi connectivity index (χ1) is 7.92. The average molecular weight is 263 g/mol. The fourth-order valence-electron chi connectivity index (χ4n) is 2.35. The van der Waals surface area contributed by atoms with Gasteiger partial charge in [-0.25, -0.2) is 0 Å². The predicted molar refractivity (Wildman–Crippen MR) is 66.1 cm³/mol. The Morgan fingerprint density at radius 3 is 2.47 bits per heavy atom. The number of rotatable bonds is 6. The Hall–Kier alpha value is -0.380. The minimum absolute atomic E-state index is 0.0792. The van der Waals surface area contributed by atoms with Gasteiger partial charge in [-0.1, -0.05) is 19.3 Å². The summed E-state index contributed by atoms with van der Waals surface area (Å²) >= 11 is 0. The van der Waals surface area contributed by atoms with Gasteiger partial charge in [0, 0.05) is 12.6 Å². The highest BCUT2D eigenvalue weighted by molar-refractivity contribution is 7.58. The Bertz CT molecular complexity index is 302. The highest BCUT2D eigenvalue weighted by Crippen LogP contribution is 2.49. The zero-order chi connectivity index (χ0) is 12.9. The lowest BCUT2D eigenvalue weighted by atomic mass is 9.91. The van der Waals surface area contributed by atoms with Crippen molar-refractivity contribution in [3.8, 4) is 0 Å². The number of aliphatic carboxylic acids is 1. The molecule has 6 heteroatoms. The maximum atomic E-state index is 12.0. The third-order valence-electron chi connectivity index (χ3n) is 3.42. The fourth-order valence-corrected chi connectivity index (χ4v) is 4.26. The number of nitrogens with two attached hydrogens (primary N) is 1. The summed E-state index contributed by atoms with van der Waals surface area (Å²) in [4.78, 5) is 20.3. The molecule has 0 saturated heterocycles. The SMILES string of the molecule is NC(CCC(=O)O)P(=O)(O)CC1CCCCC1. The molecule has 0 aliphatic heterocycles. The normalized spacial score (nSPS) is 22.9. The molecule has 2 atom stereocenters. The molecule has 0 spiro atoms. The van der Waals surface area contributed by atoms with Gasteiger partial charge < -0.3 is 15.7 Å². The molecule has 4 N–H and O–H groups in total. The van der Waals surface area contributed by atoms with Crippen molar-refractivity contribution >= 4 is 13.3 Å². The van der Waals surface area contributed by atoms with Crippen LogP contribution in [0.1, 0.15) is 44.9 Å². The second-order valence-corrected chi connectivity index (χ2v) is 7.48. The Kier molecular flexibility index (Phi) is 5.63. The predicted octanol–water partition coefficient (Wildman–Crippen LogP) is 1.99. The quantitative estimate of drug-likeness (QED) is 0.636. The molecule has 0 aromatic heterocycles. The molecule has 0 radical (unpaired) electrons. The van der Waals surface area contributed by atoms with Gasteiger partial charge >= 0.3 is 5.97 Å². The van der Waals surface area contributed by atoms with Gasteiger partial charge in [0.05, 0.1) is 5.78 Å². The van der Waals surface area contributed by atoms with E-state index in [1.54, 1.807) is 0 Å². The first kappa shape index (κ1) is 14.7. The summed E-state index contributed by atoms with van der Waals surface area (Å²) in [5.74, 6) is -1.57. The van der Waals surface area contributed by atoms with E-state index >= 15 is 0 Å². The second-order valence-electron chi connectivity index (χ2n) is 4.94. The van der Waals surface area contributed by atoms with E-state index in [1.807, 2.05) is 0 Å². The van der Waals surface area contributed by atoms with Crippen molar-refractivity contribution in [3.63, 3.8) is 0 Å². The van der Waals surface area contributed by atoms with Crippen LogP contribution < -0.4 is 5.73 Å². The molecule has 5 nitrogen and oxygen atoms in total. The van der Waals surface area contributed by atoms with Crippen LogP contribution in [-0.2, 0) is 9.36 Å². The Balaban J connectivity index is 2.42. The third-order valence-corrected chi connectivity index (χ3v) is 5.75. The van der Waals surface area contributed by atoms with Crippen LogP contribution >= 0.6 is 7.37 Å². The fraction of sp³-hybridized carbons (Fsp3) is 0.909. The van der Waals surface area contributed by atoms with E-state index in [4.69, 9.17) is 10.8 Å². The van der Waals surface area contributed by atoms with Crippen LogP contribution in [0.4, 0.5) is 0 Å². The maximum absolute atomic E-state index is 12.0. The van der Waals surface area contributed by atoms with Crippen LogP contribution in [0.2, 0.25) is 0 Å². The van der Waals surface area contributed by atoms with Crippen LogP contribution in [0.5, 0.6) is 0 Å². The van der Waals surface area contributed by atoms with Crippen LogP contribution in [0, 0.1) is 5.92 Å². The third kappa shape index (κ3) is 5.19. The zero-order valence-corrected chi connectivity index (χ0v) is 10.9. The number of hydrogen-bond acceptors (Lipinski definition) is 3. The maximum Gasteiger partial charge on any atom is 0.303 e. The summed E-state index contributed by atoms with van der Waals surface area (Å²) in [7, 11) is -3.39. The van der Waals surface area contributed by atoms with Gasteiger partial charge in [0.2, 0.25) is 7.37 Å². The zero-order valence-electron chi connectivity index (χ0n) is 10.0. The van der Waals surface area contributed by atoms with Crippen molar-refractivity contribution in [2.75, 3.05) is 6.16 Å². The van der Waals surface area contributed by atoms with Crippen LogP contribution in [-0.4, -0.2) is 27.9 Å². The largest absolute Gasteiger partial charge is 0.481 e. The van der Waals surface area contributed by atoms with Crippen LogP contribution in [0.25, 0.3) is 0 Å². The molecule has 0 amide bonds. The van der Waals surface area contributed by atoms with Gasteiger partial charge in [0.25, 0.3) is 0 Å². The van der Waals surface area contributed by atoms with Crippen molar-refractivity contribution in [3.05, 3.63) is 0 Å². The van der Waals surface area contributed by atoms with E-state index in [0.29, 0.717) is 0 Å². The molecule has 1 saturated carbocycles. The molecular formula is C11H22NO4P. The van der Waals surface area contributed by atoms with Crippen LogP contribution in [0.15, 0.2) is 0 Å². The van der Waals surface area contributed by atoms with E-state index in [1.165, 1.54) is 6.42 Å². The van der Waals surface area contributed by atoms with E-state index in [0.717, 1.165) is 25.7 Å². The van der Waals surface area contributed by atoms with E-state index < -0.39 is 19.1 Å². The molecule has 0 aromatic rings. The van der Waals surface area contributed by atoms with E-state index in [2.05, 4.69) is 0 Å². The van der Waals surface area contributed by atoms with E-state index in [9.17, 15) is 14.3 Å². The van der Waals surface area contributed by atoms with Gasteiger partial charge in [-0.05, 0) is 25.2 Å². The highest BCUT2D eigenvalue weighted by Gasteiger charge is 2.31. The topological polar surface area (TPSA) is 101 Å². The van der Waals surface area contributed by atoms with Gasteiger partial charge in [0.1, 0.15) is 0 Å². The van der Waals surface area contributed by atoms with Crippen molar-refractivity contribution in [1.29, 1.82) is 0 Å². The number of carbonyl (C=O) groups is 1. The molecule has 100 valence electrons. The second kappa shape index (κ2) is 6.53. The van der Waals surface area contributed by atoms with Crippen molar-refractivity contribution < 1.29 is 19.4 Å². The van der Waals surface area contributed by atoms with Gasteiger partial charge in [-0.3, -0.25) is 9.36 Å². The first-order valence-corrected chi connectivity index (χ1v) is 8.12. The van der Waals surface area contributed by atoms with Crippen molar-refractivity contribution in [1.82, 2.24) is 0 Å². The summed E-state index contributed by atoms with van der Waals surface area (Å²) in [5.41, 5.74) is 5.64. The molecule has 0 heterocycles. The smallest absolute Gasteiger partial charge is 0.303 e. The standard InChI is InChI=1S/C11H22NO4P/c12-10(6-7-11(13)14)17(15,16)8-9-4-2-1-3-5-9/h9-10H,1-8,12H2,(H,13,14)(H,15,16). The lowest BCUT2D eigenvalue weighted by Crippen LogP contribution is -2.25. The molecule has 1 fully saturated rings. The molecule has 2 unspecified atom stereocenters. The molecule has 0 bridgehead atoms. The molecule has 1 rings (SSSR count). The van der Waals surface area contributed by atoms with E-state index in [-0.39, 0.29) is 24.9 Å². The Morgan fingerprint density at radius 2 is 1.94 bits per heavy atom. The van der Waals surface area contributed by atoms with Crippen molar-refractivity contribution in [2.45, 2.75) is 50.7 Å². The number of carboxylic acid groups (broad SMARTS) is 1. The minimum atomic E-state index is -3.39. The molecule has 1 aliphatic carbocycles. The van der Waals surface area contributed by atoms with Gasteiger partial charge in [-0.15, -0.1) is 0 Å². The first-order valence-electron chi connectivity index (χ1n) is 6.20. The number of carboxylic acids is 1. The van der Waals surface area contributed by atoms with Crippen molar-refractivity contribution in [2.24, 2.45) is 11.7 Å². The minimum Gasteiger partial charge on any atom is -0.481 e. The molecule has 17 heavy (non-hydrogen) atoms. The summed E-state index contributed by atoms with van der Waals surface area (Å²) < 4.78 is 12.0. The summed E-state index contributed by atoms with van der Waals surface area (Å²) in [5, 5.41) is 8.52. The molecule has 0 aromatic carbocycles. The highest BCUT2D eigenvalue weighted by atomic mass is 31.2. The summed E-state index contributed by atoms with van der Waals surface area (Å²) in [6, 6.07) is 0. The number of hydrogen-bond donors (Lipinski definition) is 3. The van der Waals surface area contributed by atoms with Crippen LogP contribution in [0.3, 0.4) is 0 Å². The average Bonchev–Trinajstić information content (AvgIpc) is 2.26.